The lowest BCUT2D eigenvalue weighted by atomic mass is 9.81. The second-order valence-corrected chi connectivity index (χ2v) is 5.70. The lowest BCUT2D eigenvalue weighted by Gasteiger charge is -2.24. The van der Waals surface area contributed by atoms with Crippen LogP contribution in [-0.2, 0) is 11.6 Å². The number of aromatic nitrogens is 1. The molecule has 0 aliphatic carbocycles. The van der Waals surface area contributed by atoms with Gasteiger partial charge in [0, 0.05) is 17.1 Å². The fourth-order valence-electron chi connectivity index (χ4n) is 2.70. The Balaban J connectivity index is 2.16. The molecule has 0 saturated heterocycles. The first-order valence-corrected chi connectivity index (χ1v) is 6.80. The standard InChI is InChI=1S/C14H12ClF3N2O2/c1-13(8-5-7(15)3-4-9(8)21-2)6-19-10-11(14(16,17)18)20-22-12(10)13/h3-5,19H,6H2,1-2H3/t13-/m0/s1. The molecule has 8 heteroatoms. The fraction of sp³-hybridized carbons (Fsp3) is 0.357. The second kappa shape index (κ2) is 4.81. The van der Waals surface area contributed by atoms with E-state index in [0.29, 0.717) is 16.3 Å². The van der Waals surface area contributed by atoms with E-state index < -0.39 is 17.3 Å². The monoisotopic (exact) mass is 332 g/mol. The number of nitrogens with zero attached hydrogens (tertiary/aromatic N) is 1. The maximum Gasteiger partial charge on any atom is 0.438 e. The zero-order valence-corrected chi connectivity index (χ0v) is 12.5. The molecule has 0 spiro atoms. The lowest BCUT2D eigenvalue weighted by Crippen LogP contribution is -2.26. The van der Waals surface area contributed by atoms with Crippen molar-refractivity contribution < 1.29 is 22.4 Å². The summed E-state index contributed by atoms with van der Waals surface area (Å²) in [6.07, 6.45) is -4.58. The first-order chi connectivity index (χ1) is 10.3. The van der Waals surface area contributed by atoms with Crippen LogP contribution in [-0.4, -0.2) is 18.8 Å². The molecule has 0 radical (unpaired) electrons. The number of fused-ring (bicyclic) bond motifs is 1. The SMILES string of the molecule is COc1ccc(Cl)cc1[C@]1(C)CNc2c(C(F)(F)F)noc21. The van der Waals surface area contributed by atoms with Gasteiger partial charge in [-0.15, -0.1) is 0 Å². The number of rotatable bonds is 2. The van der Waals surface area contributed by atoms with Crippen LogP contribution in [0.4, 0.5) is 18.9 Å². The van der Waals surface area contributed by atoms with Crippen molar-refractivity contribution in [2.45, 2.75) is 18.5 Å². The summed E-state index contributed by atoms with van der Waals surface area (Å²) in [7, 11) is 1.49. The lowest BCUT2D eigenvalue weighted by molar-refractivity contribution is -0.142. The third-order valence-corrected chi connectivity index (χ3v) is 4.07. The summed E-state index contributed by atoms with van der Waals surface area (Å²) >= 11 is 6.02. The largest absolute Gasteiger partial charge is 0.496 e. The average Bonchev–Trinajstić information content (AvgIpc) is 3.00. The molecule has 118 valence electrons. The summed E-state index contributed by atoms with van der Waals surface area (Å²) < 4.78 is 49.1. The Bertz CT molecular complexity index is 729. The van der Waals surface area contributed by atoms with Crippen molar-refractivity contribution in [1.82, 2.24) is 5.16 Å². The van der Waals surface area contributed by atoms with Gasteiger partial charge >= 0.3 is 6.18 Å². The number of anilines is 1. The Labute approximate surface area is 129 Å². The van der Waals surface area contributed by atoms with Crippen LogP contribution in [0.3, 0.4) is 0 Å². The third kappa shape index (κ3) is 2.11. The van der Waals surface area contributed by atoms with E-state index >= 15 is 0 Å². The summed E-state index contributed by atoms with van der Waals surface area (Å²) in [5, 5.41) is 6.37. The summed E-state index contributed by atoms with van der Waals surface area (Å²) in [4.78, 5) is 0. The molecule has 1 atom stereocenters. The summed E-state index contributed by atoms with van der Waals surface area (Å²) in [6.45, 7) is 1.98. The van der Waals surface area contributed by atoms with Crippen LogP contribution in [0.1, 0.15) is 23.9 Å². The van der Waals surface area contributed by atoms with Gasteiger partial charge in [0.2, 0.25) is 5.69 Å². The van der Waals surface area contributed by atoms with Crippen molar-refractivity contribution in [3.8, 4) is 5.75 Å². The molecule has 0 unspecified atom stereocenters. The van der Waals surface area contributed by atoms with Crippen molar-refractivity contribution in [2.75, 3.05) is 19.0 Å². The minimum Gasteiger partial charge on any atom is -0.496 e. The third-order valence-electron chi connectivity index (χ3n) is 3.84. The van der Waals surface area contributed by atoms with Gasteiger partial charge in [-0.2, -0.15) is 13.2 Å². The molecule has 1 aliphatic heterocycles. The number of hydrogen-bond donors (Lipinski definition) is 1. The highest BCUT2D eigenvalue weighted by atomic mass is 35.5. The molecule has 1 N–H and O–H groups in total. The summed E-state index contributed by atoms with van der Waals surface area (Å²) in [5.74, 6) is 0.645. The minimum absolute atomic E-state index is 0.125. The molecule has 1 aromatic carbocycles. The average molecular weight is 333 g/mol. The van der Waals surface area contributed by atoms with Gasteiger partial charge in [0.25, 0.3) is 0 Å². The van der Waals surface area contributed by atoms with Crippen LogP contribution in [0.25, 0.3) is 0 Å². The van der Waals surface area contributed by atoms with Crippen LogP contribution >= 0.6 is 11.6 Å². The normalized spacial score (nSPS) is 20.6. The zero-order valence-electron chi connectivity index (χ0n) is 11.7. The maximum atomic E-state index is 12.9. The molecule has 0 saturated carbocycles. The fourth-order valence-corrected chi connectivity index (χ4v) is 2.87. The Morgan fingerprint density at radius 2 is 2.14 bits per heavy atom. The first kappa shape index (κ1) is 15.0. The van der Waals surface area contributed by atoms with Gasteiger partial charge in [-0.25, -0.2) is 0 Å². The molecule has 4 nitrogen and oxygen atoms in total. The zero-order chi connectivity index (χ0) is 16.1. The molecule has 2 heterocycles. The molecular formula is C14H12ClF3N2O2. The Kier molecular flexibility index (Phi) is 3.28. The van der Waals surface area contributed by atoms with E-state index in [4.69, 9.17) is 20.9 Å². The van der Waals surface area contributed by atoms with Gasteiger partial charge in [-0.1, -0.05) is 16.8 Å². The van der Waals surface area contributed by atoms with Crippen molar-refractivity contribution in [3.63, 3.8) is 0 Å². The summed E-state index contributed by atoms with van der Waals surface area (Å²) in [6, 6.07) is 4.98. The van der Waals surface area contributed by atoms with Gasteiger partial charge in [0.15, 0.2) is 5.76 Å². The van der Waals surface area contributed by atoms with E-state index in [1.165, 1.54) is 7.11 Å². The number of ether oxygens (including phenoxy) is 1. The molecule has 0 bridgehead atoms. The van der Waals surface area contributed by atoms with Crippen LogP contribution in [0.5, 0.6) is 5.75 Å². The van der Waals surface area contributed by atoms with E-state index in [2.05, 4.69) is 10.5 Å². The predicted molar refractivity (Wildman–Crippen MR) is 74.5 cm³/mol. The molecule has 0 amide bonds. The number of halogens is 4. The molecule has 3 rings (SSSR count). The van der Waals surface area contributed by atoms with Gasteiger partial charge in [0.1, 0.15) is 11.4 Å². The van der Waals surface area contributed by atoms with E-state index in [1.54, 1.807) is 25.1 Å². The summed E-state index contributed by atoms with van der Waals surface area (Å²) in [5.41, 5.74) is -1.40. The topological polar surface area (TPSA) is 47.3 Å². The Hall–Kier alpha value is -1.89. The van der Waals surface area contributed by atoms with Gasteiger partial charge < -0.3 is 14.6 Å². The molecule has 2 aromatic rings. The highest BCUT2D eigenvalue weighted by Crippen LogP contribution is 2.49. The smallest absolute Gasteiger partial charge is 0.438 e. The first-order valence-electron chi connectivity index (χ1n) is 6.42. The molecular weight excluding hydrogens is 321 g/mol. The number of methoxy groups -OCH3 is 1. The molecule has 0 fully saturated rings. The van der Waals surface area contributed by atoms with Crippen molar-refractivity contribution in [3.05, 3.63) is 40.2 Å². The Morgan fingerprint density at radius 1 is 1.41 bits per heavy atom. The van der Waals surface area contributed by atoms with Crippen molar-refractivity contribution >= 4 is 17.3 Å². The highest BCUT2D eigenvalue weighted by Gasteiger charge is 2.49. The van der Waals surface area contributed by atoms with Gasteiger partial charge in [-0.3, -0.25) is 0 Å². The number of alkyl halides is 3. The van der Waals surface area contributed by atoms with E-state index in [1.807, 2.05) is 0 Å². The number of benzene rings is 1. The van der Waals surface area contributed by atoms with Crippen molar-refractivity contribution in [1.29, 1.82) is 0 Å². The molecule has 22 heavy (non-hydrogen) atoms. The van der Waals surface area contributed by atoms with E-state index in [0.717, 1.165) is 0 Å². The van der Waals surface area contributed by atoms with E-state index in [-0.39, 0.29) is 18.0 Å². The quantitative estimate of drug-likeness (QED) is 0.900. The van der Waals surface area contributed by atoms with Gasteiger partial charge in [-0.05, 0) is 25.1 Å². The highest BCUT2D eigenvalue weighted by molar-refractivity contribution is 6.30. The van der Waals surface area contributed by atoms with Crippen LogP contribution in [0, 0.1) is 0 Å². The maximum absolute atomic E-state index is 12.9. The van der Waals surface area contributed by atoms with Crippen LogP contribution < -0.4 is 10.1 Å². The Morgan fingerprint density at radius 3 is 2.77 bits per heavy atom. The van der Waals surface area contributed by atoms with Crippen molar-refractivity contribution in [2.24, 2.45) is 0 Å². The number of hydrogen-bond acceptors (Lipinski definition) is 4. The number of nitrogens with one attached hydrogen (secondary N) is 1. The molecule has 1 aliphatic rings. The molecule has 1 aromatic heterocycles. The van der Waals surface area contributed by atoms with Gasteiger partial charge in [0.05, 0.1) is 12.5 Å². The van der Waals surface area contributed by atoms with Crippen LogP contribution in [0.2, 0.25) is 5.02 Å². The predicted octanol–water partition coefficient (Wildman–Crippen LogP) is 4.09. The second-order valence-electron chi connectivity index (χ2n) is 5.26. The van der Waals surface area contributed by atoms with E-state index in [9.17, 15) is 13.2 Å². The van der Waals surface area contributed by atoms with Crippen LogP contribution in [0.15, 0.2) is 22.7 Å². The minimum atomic E-state index is -4.58.